The lowest BCUT2D eigenvalue weighted by atomic mass is 9.68. The van der Waals surface area contributed by atoms with Crippen LogP contribution in [0.15, 0.2) is 0 Å². The van der Waals surface area contributed by atoms with E-state index in [4.69, 9.17) is 18.5 Å². The summed E-state index contributed by atoms with van der Waals surface area (Å²) in [4.78, 5) is 10.4. The van der Waals surface area contributed by atoms with Crippen LogP contribution >= 0.6 is 7.82 Å². The third kappa shape index (κ3) is 3.18. The number of hydrogen-bond acceptors (Lipinski definition) is 6. The van der Waals surface area contributed by atoms with Crippen LogP contribution in [0, 0.1) is 11.8 Å². The average Bonchev–Trinajstić information content (AvgIpc) is 3.35. The average molecular weight is 398 g/mol. The molecule has 150 valence electrons. The largest absolute Gasteiger partial charge is 0.472 e. The van der Waals surface area contributed by atoms with Gasteiger partial charge >= 0.3 is 7.82 Å². The van der Waals surface area contributed by atoms with E-state index < -0.39 is 31.2 Å². The van der Waals surface area contributed by atoms with Gasteiger partial charge in [-0.05, 0) is 32.1 Å². The predicted molar refractivity (Wildman–Crippen MR) is 101 cm³/mol. The summed E-state index contributed by atoms with van der Waals surface area (Å²) in [6, 6.07) is -0.196. The Morgan fingerprint density at radius 1 is 1.11 bits per heavy atom. The molecule has 4 fully saturated rings. The summed E-state index contributed by atoms with van der Waals surface area (Å²) in [6.45, 7) is 5.70. The van der Waals surface area contributed by atoms with E-state index in [2.05, 4.69) is 0 Å². The highest BCUT2D eigenvalue weighted by Crippen LogP contribution is 2.58. The molecule has 2 heterocycles. The van der Waals surface area contributed by atoms with Crippen molar-refractivity contribution in [2.75, 3.05) is 6.61 Å². The fourth-order valence-corrected chi connectivity index (χ4v) is 6.75. The molecule has 27 heavy (non-hydrogen) atoms. The van der Waals surface area contributed by atoms with Crippen LogP contribution in [0.25, 0.3) is 0 Å². The number of ether oxygens (including phenoxy) is 2. The van der Waals surface area contributed by atoms with Crippen molar-refractivity contribution in [3.8, 4) is 0 Å². The molecule has 2 radical (unpaired) electrons. The number of phosphoric ester groups is 1. The van der Waals surface area contributed by atoms with Gasteiger partial charge in [0, 0.05) is 23.8 Å². The van der Waals surface area contributed by atoms with E-state index in [0.717, 1.165) is 25.7 Å². The number of phosphoric acid groups is 1. The van der Waals surface area contributed by atoms with E-state index in [9.17, 15) is 14.6 Å². The summed E-state index contributed by atoms with van der Waals surface area (Å²) >= 11 is 0. The maximum atomic E-state index is 12.7. The van der Waals surface area contributed by atoms with E-state index in [1.165, 1.54) is 0 Å². The second-order valence-corrected chi connectivity index (χ2v) is 9.84. The van der Waals surface area contributed by atoms with E-state index in [1.807, 2.05) is 35.1 Å². The Labute approximate surface area is 162 Å². The summed E-state index contributed by atoms with van der Waals surface area (Å²) in [5.41, 5.74) is -1.44. The van der Waals surface area contributed by atoms with Gasteiger partial charge in [-0.1, -0.05) is 20.6 Å². The van der Waals surface area contributed by atoms with E-state index in [0.29, 0.717) is 6.42 Å². The molecule has 9 atom stereocenters. The molecule has 2 aliphatic heterocycles. The zero-order valence-corrected chi connectivity index (χ0v) is 17.1. The number of hydrogen-bond donors (Lipinski definition) is 2. The van der Waals surface area contributed by atoms with Gasteiger partial charge in [-0.25, -0.2) is 4.57 Å². The minimum Gasteiger partial charge on any atom is -0.390 e. The Kier molecular flexibility index (Phi) is 5.38. The first kappa shape index (κ1) is 20.4. The van der Waals surface area contributed by atoms with Crippen molar-refractivity contribution in [2.45, 2.75) is 88.1 Å². The van der Waals surface area contributed by atoms with Crippen LogP contribution in [0.5, 0.6) is 0 Å². The second kappa shape index (κ2) is 7.12. The smallest absolute Gasteiger partial charge is 0.390 e. The zero-order chi connectivity index (χ0) is 19.4. The number of aliphatic hydroxyl groups is 1. The molecule has 0 aromatic heterocycles. The molecule has 2 saturated carbocycles. The molecule has 10 heteroatoms. The van der Waals surface area contributed by atoms with Crippen LogP contribution in [0.1, 0.15) is 39.0 Å². The van der Waals surface area contributed by atoms with E-state index >= 15 is 0 Å². The van der Waals surface area contributed by atoms with Crippen molar-refractivity contribution in [3.05, 3.63) is 0 Å². The molecule has 4 aliphatic rings. The monoisotopic (exact) mass is 398 g/mol. The molecule has 4 rings (SSSR count). The minimum atomic E-state index is -4.31. The Balaban J connectivity index is 1.42. The van der Waals surface area contributed by atoms with Gasteiger partial charge < -0.3 is 19.5 Å². The van der Waals surface area contributed by atoms with Gasteiger partial charge in [0.1, 0.15) is 26.3 Å². The number of rotatable bonds is 8. The summed E-state index contributed by atoms with van der Waals surface area (Å²) < 4.78 is 35.9. The van der Waals surface area contributed by atoms with Crippen LogP contribution in [0.3, 0.4) is 0 Å². The quantitative estimate of drug-likeness (QED) is 0.476. The second-order valence-electron chi connectivity index (χ2n) is 8.43. The Bertz CT molecular complexity index is 624. The van der Waals surface area contributed by atoms with Gasteiger partial charge in [-0.15, -0.1) is 0 Å². The molecular weight excluding hydrogens is 369 g/mol. The molecular formula is C17H29B2O7P. The molecule has 7 nitrogen and oxygen atoms in total. The lowest BCUT2D eigenvalue weighted by Gasteiger charge is -2.33. The highest BCUT2D eigenvalue weighted by atomic mass is 31.2. The van der Waals surface area contributed by atoms with Crippen molar-refractivity contribution in [1.29, 1.82) is 0 Å². The van der Waals surface area contributed by atoms with Gasteiger partial charge in [0.2, 0.25) is 0 Å². The fourth-order valence-electron chi connectivity index (χ4n) is 5.68. The van der Waals surface area contributed by atoms with Crippen molar-refractivity contribution < 1.29 is 33.1 Å². The first-order chi connectivity index (χ1) is 12.8. The van der Waals surface area contributed by atoms with Gasteiger partial charge in [-0.2, -0.15) is 0 Å². The summed E-state index contributed by atoms with van der Waals surface area (Å²) in [5, 5.41) is 10.5. The van der Waals surface area contributed by atoms with Crippen LogP contribution in [-0.4, -0.2) is 66.6 Å². The fraction of sp³-hybridized carbons (Fsp3) is 1.00. The van der Waals surface area contributed by atoms with Gasteiger partial charge in [0.15, 0.2) is 0 Å². The standard InChI is InChI=1S/C17H29B2O7P/c1-4-16-7-6-11(15(19-3)24-16)13(16)26-27(21,22)23-9-17-8-5-10(12(17)20)14(18-2)25-17/h10-15,20H,4-9H2,1-3H3,(H,21,22)/t10-,11-,12?,13?,14+,15+,16-,17+/m0/s1. The van der Waals surface area contributed by atoms with Crippen molar-refractivity contribution in [2.24, 2.45) is 11.8 Å². The third-order valence-corrected chi connectivity index (χ3v) is 8.16. The zero-order valence-electron chi connectivity index (χ0n) is 16.2. The normalized spacial score (nSPS) is 50.1. The maximum absolute atomic E-state index is 12.7. The van der Waals surface area contributed by atoms with Gasteiger partial charge in [-0.3, -0.25) is 9.05 Å². The highest BCUT2D eigenvalue weighted by Gasteiger charge is 2.62. The molecule has 4 bridgehead atoms. The molecule has 3 unspecified atom stereocenters. The minimum absolute atomic E-state index is 0.0286. The summed E-state index contributed by atoms with van der Waals surface area (Å²) in [5.74, 6) is 0.0984. The number of fused-ring (bicyclic) bond motifs is 4. The Morgan fingerprint density at radius 2 is 1.70 bits per heavy atom. The lowest BCUT2D eigenvalue weighted by molar-refractivity contribution is -0.103. The third-order valence-electron chi connectivity index (χ3n) is 7.21. The molecule has 2 N–H and O–H groups in total. The SMILES string of the molecule is C[B][C@@H]1O[C@@]2(COP(=O)(O)OC3[C@@H]4CC[C@]3(CC)O[C@H]4[B]C)CC[C@H]1C2O. The molecule has 0 spiro atoms. The Morgan fingerprint density at radius 3 is 2.33 bits per heavy atom. The van der Waals surface area contributed by atoms with Crippen molar-refractivity contribution in [3.63, 3.8) is 0 Å². The van der Waals surface area contributed by atoms with Crippen LogP contribution in [0.2, 0.25) is 13.6 Å². The molecule has 0 aromatic carbocycles. The predicted octanol–water partition coefficient (Wildman–Crippen LogP) is 1.77. The topological polar surface area (TPSA) is 94.5 Å². The summed E-state index contributed by atoms with van der Waals surface area (Å²) in [7, 11) is -0.400. The molecule has 0 amide bonds. The van der Waals surface area contributed by atoms with Crippen LogP contribution in [-0.2, 0) is 23.1 Å². The van der Waals surface area contributed by atoms with Crippen LogP contribution in [0.4, 0.5) is 0 Å². The lowest BCUT2D eigenvalue weighted by Crippen LogP contribution is -2.42. The van der Waals surface area contributed by atoms with E-state index in [1.54, 1.807) is 0 Å². The first-order valence-electron chi connectivity index (χ1n) is 10.1. The first-order valence-corrected chi connectivity index (χ1v) is 11.6. The molecule has 0 aromatic rings. The molecule has 2 aliphatic carbocycles. The summed E-state index contributed by atoms with van der Waals surface area (Å²) in [6.07, 6.45) is 2.75. The van der Waals surface area contributed by atoms with Crippen molar-refractivity contribution in [1.82, 2.24) is 0 Å². The van der Waals surface area contributed by atoms with Crippen molar-refractivity contribution >= 4 is 22.4 Å². The van der Waals surface area contributed by atoms with E-state index in [-0.39, 0.29) is 30.4 Å². The van der Waals surface area contributed by atoms with Gasteiger partial charge in [0.05, 0.1) is 18.3 Å². The molecule has 2 saturated heterocycles. The van der Waals surface area contributed by atoms with Gasteiger partial charge in [0.25, 0.3) is 0 Å². The highest BCUT2D eigenvalue weighted by molar-refractivity contribution is 7.47. The Hall–Kier alpha value is 0.120. The maximum Gasteiger partial charge on any atom is 0.472 e. The number of aliphatic hydroxyl groups excluding tert-OH is 1. The van der Waals surface area contributed by atoms with Crippen LogP contribution < -0.4 is 0 Å².